The van der Waals surface area contributed by atoms with Gasteiger partial charge in [-0.1, -0.05) is 39.3 Å². The third-order valence-corrected chi connectivity index (χ3v) is 6.02. The van der Waals surface area contributed by atoms with Gasteiger partial charge in [0, 0.05) is 0 Å². The Hall–Kier alpha value is -1.40. The number of amides is 1. The lowest BCUT2D eigenvalue weighted by atomic mass is 9.75. The van der Waals surface area contributed by atoms with Gasteiger partial charge >= 0.3 is 0 Å². The molecule has 128 valence electrons. The number of rotatable bonds is 1. The van der Waals surface area contributed by atoms with Gasteiger partial charge in [0.2, 0.25) is 0 Å². The first-order valence-electron chi connectivity index (χ1n) is 8.06. The van der Waals surface area contributed by atoms with Crippen LogP contribution in [-0.4, -0.2) is 25.5 Å². The maximum Gasteiger partial charge on any atom is 0.266 e. The summed E-state index contributed by atoms with van der Waals surface area (Å²) < 4.78 is 24.2. The lowest BCUT2D eigenvalue weighted by Gasteiger charge is -2.33. The first kappa shape index (κ1) is 17.9. The van der Waals surface area contributed by atoms with Crippen LogP contribution in [0.5, 0.6) is 0 Å². The number of carbonyl (C=O) groups excluding carboxylic acids is 1. The molecule has 23 heavy (non-hydrogen) atoms. The monoisotopic (exact) mass is 339 g/mol. The molecule has 1 aromatic rings. The first-order valence-corrected chi connectivity index (χ1v) is 9.55. The van der Waals surface area contributed by atoms with E-state index in [1.54, 1.807) is 12.1 Å². The minimum Gasteiger partial charge on any atom is -0.393 e. The van der Waals surface area contributed by atoms with E-state index in [0.29, 0.717) is 11.8 Å². The fraction of sp³-hybridized carbons (Fsp3) is 0.588. The molecular weight excluding hydrogens is 314 g/mol. The van der Waals surface area contributed by atoms with E-state index in [1.165, 1.54) is 25.0 Å². The Morgan fingerprint density at radius 1 is 1.22 bits per heavy atom. The fourth-order valence-corrected chi connectivity index (χ4v) is 4.44. The van der Waals surface area contributed by atoms with Crippen LogP contribution in [0.4, 0.5) is 0 Å². The van der Waals surface area contributed by atoms with E-state index in [2.05, 4.69) is 20.8 Å². The maximum atomic E-state index is 11.1. The molecule has 2 aliphatic rings. The van der Waals surface area contributed by atoms with E-state index in [1.807, 2.05) is 4.72 Å². The molecule has 6 heteroatoms. The number of sulfonamides is 1. The zero-order valence-corrected chi connectivity index (χ0v) is 14.6. The van der Waals surface area contributed by atoms with Crippen LogP contribution in [-0.2, 0) is 10.0 Å². The molecule has 1 amide bonds. The SMILES string of the molecule is CC1CCC(C(C)C)C(O)C1.O=C1NS(=O)(=O)c2ccccc21. The maximum absolute atomic E-state index is 11.1. The molecule has 1 fully saturated rings. The zero-order valence-electron chi connectivity index (χ0n) is 13.8. The quantitative estimate of drug-likeness (QED) is 0.823. The summed E-state index contributed by atoms with van der Waals surface area (Å²) in [5.74, 6) is 1.40. The van der Waals surface area contributed by atoms with E-state index in [4.69, 9.17) is 0 Å². The van der Waals surface area contributed by atoms with Gasteiger partial charge in [0.1, 0.15) is 4.90 Å². The fourth-order valence-electron chi connectivity index (χ4n) is 3.27. The van der Waals surface area contributed by atoms with Crippen LogP contribution >= 0.6 is 0 Å². The predicted octanol–water partition coefficient (Wildman–Crippen LogP) is 2.56. The minimum absolute atomic E-state index is 0.0289. The van der Waals surface area contributed by atoms with Crippen molar-refractivity contribution >= 4 is 15.9 Å². The lowest BCUT2D eigenvalue weighted by molar-refractivity contribution is 0.0266. The predicted molar refractivity (Wildman–Crippen MR) is 88.4 cm³/mol. The Morgan fingerprint density at radius 2 is 1.87 bits per heavy atom. The van der Waals surface area contributed by atoms with Crippen molar-refractivity contribution < 1.29 is 18.3 Å². The van der Waals surface area contributed by atoms with Crippen molar-refractivity contribution in [2.24, 2.45) is 17.8 Å². The van der Waals surface area contributed by atoms with Crippen LogP contribution in [0.1, 0.15) is 50.4 Å². The van der Waals surface area contributed by atoms with Crippen molar-refractivity contribution in [1.29, 1.82) is 0 Å². The Labute approximate surface area is 138 Å². The molecule has 0 radical (unpaired) electrons. The molecule has 0 bridgehead atoms. The van der Waals surface area contributed by atoms with Gasteiger partial charge in [-0.2, -0.15) is 0 Å². The average molecular weight is 339 g/mol. The Kier molecular flexibility index (Phi) is 5.47. The number of nitrogens with one attached hydrogen (secondary N) is 1. The topological polar surface area (TPSA) is 83.5 Å². The summed E-state index contributed by atoms with van der Waals surface area (Å²) in [4.78, 5) is 11.1. The second-order valence-corrected chi connectivity index (χ2v) is 8.48. The van der Waals surface area contributed by atoms with Crippen molar-refractivity contribution in [3.63, 3.8) is 0 Å². The van der Waals surface area contributed by atoms with Crippen molar-refractivity contribution in [2.45, 2.75) is 51.0 Å². The second-order valence-electron chi connectivity index (χ2n) is 6.82. The molecule has 0 saturated heterocycles. The van der Waals surface area contributed by atoms with Crippen molar-refractivity contribution in [1.82, 2.24) is 4.72 Å². The smallest absolute Gasteiger partial charge is 0.266 e. The van der Waals surface area contributed by atoms with Crippen LogP contribution < -0.4 is 4.72 Å². The first-order chi connectivity index (χ1) is 10.7. The van der Waals surface area contributed by atoms with Crippen LogP contribution in [0, 0.1) is 17.8 Å². The number of hydrogen-bond acceptors (Lipinski definition) is 4. The summed E-state index contributed by atoms with van der Waals surface area (Å²) in [6.07, 6.45) is 3.52. The summed E-state index contributed by atoms with van der Waals surface area (Å²) in [6.45, 7) is 6.66. The molecule has 1 aliphatic carbocycles. The van der Waals surface area contributed by atoms with Crippen LogP contribution in [0.25, 0.3) is 0 Å². The Morgan fingerprint density at radius 3 is 2.43 bits per heavy atom. The van der Waals surface area contributed by atoms with E-state index in [9.17, 15) is 18.3 Å². The van der Waals surface area contributed by atoms with E-state index in [0.717, 1.165) is 12.3 Å². The molecule has 3 atom stereocenters. The van der Waals surface area contributed by atoms with Crippen LogP contribution in [0.3, 0.4) is 0 Å². The Bertz CT molecular complexity index is 669. The molecule has 5 nitrogen and oxygen atoms in total. The molecule has 1 heterocycles. The third-order valence-electron chi connectivity index (χ3n) is 4.64. The second kappa shape index (κ2) is 7.01. The van der Waals surface area contributed by atoms with E-state index in [-0.39, 0.29) is 16.6 Å². The van der Waals surface area contributed by atoms with E-state index < -0.39 is 15.9 Å². The molecule has 1 aliphatic heterocycles. The molecule has 0 aromatic heterocycles. The van der Waals surface area contributed by atoms with Gasteiger partial charge < -0.3 is 5.11 Å². The number of aliphatic hydroxyl groups is 1. The van der Waals surface area contributed by atoms with Crippen molar-refractivity contribution in [3.8, 4) is 0 Å². The highest BCUT2D eigenvalue weighted by Gasteiger charge is 2.31. The zero-order chi connectivity index (χ0) is 17.2. The number of carbonyl (C=O) groups is 1. The summed E-state index contributed by atoms with van der Waals surface area (Å²) in [7, 11) is -3.55. The summed E-state index contributed by atoms with van der Waals surface area (Å²) >= 11 is 0. The normalized spacial score (nSPS) is 28.6. The molecule has 1 aromatic carbocycles. The number of benzene rings is 1. The number of fused-ring (bicyclic) bond motifs is 1. The molecule has 3 unspecified atom stereocenters. The molecule has 0 spiro atoms. The largest absolute Gasteiger partial charge is 0.393 e. The molecule has 2 N–H and O–H groups in total. The lowest BCUT2D eigenvalue weighted by Crippen LogP contribution is -2.31. The van der Waals surface area contributed by atoms with Gasteiger partial charge in [-0.15, -0.1) is 0 Å². The molecule has 3 rings (SSSR count). The van der Waals surface area contributed by atoms with Crippen LogP contribution in [0.2, 0.25) is 0 Å². The highest BCUT2D eigenvalue weighted by molar-refractivity contribution is 7.90. The van der Waals surface area contributed by atoms with Crippen molar-refractivity contribution in [2.75, 3.05) is 0 Å². The van der Waals surface area contributed by atoms with Gasteiger partial charge in [-0.05, 0) is 42.7 Å². The van der Waals surface area contributed by atoms with Gasteiger partial charge in [0.25, 0.3) is 15.9 Å². The number of hydrogen-bond donors (Lipinski definition) is 2. The van der Waals surface area contributed by atoms with Gasteiger partial charge in [0.05, 0.1) is 11.7 Å². The van der Waals surface area contributed by atoms with Gasteiger partial charge in [-0.25, -0.2) is 13.1 Å². The summed E-state index contributed by atoms with van der Waals surface area (Å²) in [5.41, 5.74) is 0.220. The van der Waals surface area contributed by atoms with Gasteiger partial charge in [-0.3, -0.25) is 4.79 Å². The molecule has 1 saturated carbocycles. The highest BCUT2D eigenvalue weighted by atomic mass is 32.2. The Balaban J connectivity index is 0.000000168. The molecular formula is C17H25NO4S. The van der Waals surface area contributed by atoms with Crippen LogP contribution in [0.15, 0.2) is 29.2 Å². The van der Waals surface area contributed by atoms with Crippen molar-refractivity contribution in [3.05, 3.63) is 29.8 Å². The van der Waals surface area contributed by atoms with E-state index >= 15 is 0 Å². The summed E-state index contributed by atoms with van der Waals surface area (Å²) in [6, 6.07) is 6.09. The average Bonchev–Trinajstić information content (AvgIpc) is 2.70. The third kappa shape index (κ3) is 4.12. The van der Waals surface area contributed by atoms with Gasteiger partial charge in [0.15, 0.2) is 0 Å². The highest BCUT2D eigenvalue weighted by Crippen LogP contribution is 2.33. The number of aliphatic hydroxyl groups excluding tert-OH is 1. The standard InChI is InChI=1S/C10H20O.C7H5NO3S/c1-7(2)9-5-4-8(3)6-10(9)11;9-7-5-3-1-2-4-6(5)12(10,11)8-7/h7-11H,4-6H2,1-3H3;1-4H,(H,8,9). The minimum atomic E-state index is -3.55. The summed E-state index contributed by atoms with van der Waals surface area (Å²) in [5, 5.41) is 9.71.